The van der Waals surface area contributed by atoms with Gasteiger partial charge in [-0.25, -0.2) is 0 Å². The molecule has 0 saturated carbocycles. The first-order valence-corrected chi connectivity index (χ1v) is 5.64. The van der Waals surface area contributed by atoms with E-state index in [2.05, 4.69) is 30.0 Å². The fourth-order valence-electron chi connectivity index (χ4n) is 2.85. The Labute approximate surface area is 89.9 Å². The van der Waals surface area contributed by atoms with E-state index in [9.17, 15) is 4.79 Å². The molecule has 0 aliphatic carbocycles. The van der Waals surface area contributed by atoms with Crippen molar-refractivity contribution in [3.8, 4) is 0 Å². The van der Waals surface area contributed by atoms with Gasteiger partial charge in [-0.1, -0.05) is 23.8 Å². The van der Waals surface area contributed by atoms with Crippen LogP contribution in [0.1, 0.15) is 35.6 Å². The molecule has 1 amide bonds. The molecule has 0 N–H and O–H groups in total. The summed E-state index contributed by atoms with van der Waals surface area (Å²) in [6.45, 7) is 3.05. The van der Waals surface area contributed by atoms with E-state index >= 15 is 0 Å². The number of hydrogen-bond acceptors (Lipinski definition) is 1. The molecule has 0 aromatic heterocycles. The highest BCUT2D eigenvalue weighted by Crippen LogP contribution is 2.38. The van der Waals surface area contributed by atoms with E-state index in [4.69, 9.17) is 0 Å². The van der Waals surface area contributed by atoms with Crippen LogP contribution in [-0.4, -0.2) is 17.4 Å². The molecule has 0 spiro atoms. The van der Waals surface area contributed by atoms with Gasteiger partial charge in [0, 0.05) is 13.0 Å². The van der Waals surface area contributed by atoms with Crippen molar-refractivity contribution in [1.82, 2.24) is 4.90 Å². The molecule has 3 rings (SSSR count). The highest BCUT2D eigenvalue weighted by molar-refractivity contribution is 5.79. The predicted molar refractivity (Wildman–Crippen MR) is 58.6 cm³/mol. The summed E-state index contributed by atoms with van der Waals surface area (Å²) in [5.74, 6) is 0.339. The predicted octanol–water partition coefficient (Wildman–Crippen LogP) is 2.21. The zero-order chi connectivity index (χ0) is 10.4. The van der Waals surface area contributed by atoms with E-state index in [1.54, 1.807) is 0 Å². The van der Waals surface area contributed by atoms with E-state index < -0.39 is 0 Å². The fourth-order valence-corrected chi connectivity index (χ4v) is 2.85. The molecular formula is C13H15NO. The van der Waals surface area contributed by atoms with Crippen molar-refractivity contribution in [3.63, 3.8) is 0 Å². The summed E-state index contributed by atoms with van der Waals surface area (Å²) in [7, 11) is 0. The fraction of sp³-hybridized carbons (Fsp3) is 0.462. The summed E-state index contributed by atoms with van der Waals surface area (Å²) in [6.07, 6.45) is 2.77. The van der Waals surface area contributed by atoms with Crippen LogP contribution in [0.2, 0.25) is 0 Å². The number of carbonyl (C=O) groups is 1. The highest BCUT2D eigenvalue weighted by atomic mass is 16.2. The lowest BCUT2D eigenvalue weighted by molar-refractivity contribution is -0.129. The van der Waals surface area contributed by atoms with Crippen LogP contribution in [0.15, 0.2) is 18.2 Å². The normalized spacial score (nSPS) is 23.9. The molecule has 78 valence electrons. The molecule has 1 aromatic carbocycles. The second kappa shape index (κ2) is 3.09. The van der Waals surface area contributed by atoms with Crippen LogP contribution in [0.5, 0.6) is 0 Å². The summed E-state index contributed by atoms with van der Waals surface area (Å²) >= 11 is 0. The lowest BCUT2D eigenvalue weighted by Gasteiger charge is -2.32. The zero-order valence-corrected chi connectivity index (χ0v) is 8.99. The smallest absolute Gasteiger partial charge is 0.223 e. The first kappa shape index (κ1) is 8.96. The molecule has 15 heavy (non-hydrogen) atoms. The Kier molecular flexibility index (Phi) is 1.84. The zero-order valence-electron chi connectivity index (χ0n) is 8.99. The maximum absolute atomic E-state index is 11.6. The van der Waals surface area contributed by atoms with E-state index in [-0.39, 0.29) is 0 Å². The summed E-state index contributed by atoms with van der Waals surface area (Å²) < 4.78 is 0. The van der Waals surface area contributed by atoms with Gasteiger partial charge in [0.05, 0.1) is 6.04 Å². The number of benzene rings is 1. The number of hydrogen-bond donors (Lipinski definition) is 0. The number of nitrogens with zero attached hydrogens (tertiary/aromatic N) is 1. The molecular weight excluding hydrogens is 186 g/mol. The van der Waals surface area contributed by atoms with Crippen LogP contribution < -0.4 is 0 Å². The van der Waals surface area contributed by atoms with Crippen molar-refractivity contribution >= 4 is 5.91 Å². The van der Waals surface area contributed by atoms with Gasteiger partial charge in [-0.2, -0.15) is 0 Å². The van der Waals surface area contributed by atoms with Crippen LogP contribution in [0.3, 0.4) is 0 Å². The topological polar surface area (TPSA) is 20.3 Å². The Hall–Kier alpha value is -1.31. The molecule has 1 fully saturated rings. The molecule has 0 bridgehead atoms. The minimum Gasteiger partial charge on any atom is -0.335 e. The average molecular weight is 201 g/mol. The van der Waals surface area contributed by atoms with Crippen LogP contribution in [-0.2, 0) is 11.2 Å². The summed E-state index contributed by atoms with van der Waals surface area (Å²) in [6, 6.07) is 7.02. The number of aryl methyl sites for hydroxylation is 1. The van der Waals surface area contributed by atoms with E-state index in [1.165, 1.54) is 16.7 Å². The molecule has 1 atom stereocenters. The van der Waals surface area contributed by atoms with Gasteiger partial charge in [-0.05, 0) is 30.9 Å². The maximum atomic E-state index is 11.6. The van der Waals surface area contributed by atoms with Gasteiger partial charge >= 0.3 is 0 Å². The molecule has 2 heteroatoms. The Balaban J connectivity index is 2.06. The Morgan fingerprint density at radius 3 is 3.07 bits per heavy atom. The Morgan fingerprint density at radius 1 is 1.33 bits per heavy atom. The largest absolute Gasteiger partial charge is 0.335 e. The van der Waals surface area contributed by atoms with Crippen molar-refractivity contribution in [2.24, 2.45) is 0 Å². The van der Waals surface area contributed by atoms with Crippen molar-refractivity contribution in [1.29, 1.82) is 0 Å². The van der Waals surface area contributed by atoms with Crippen molar-refractivity contribution < 1.29 is 4.79 Å². The summed E-state index contributed by atoms with van der Waals surface area (Å²) in [5.41, 5.74) is 4.16. The van der Waals surface area contributed by atoms with Gasteiger partial charge in [0.25, 0.3) is 0 Å². The van der Waals surface area contributed by atoms with Crippen molar-refractivity contribution in [3.05, 3.63) is 34.9 Å². The minimum absolute atomic E-state index is 0.339. The molecule has 2 aliphatic heterocycles. The third-order valence-corrected chi connectivity index (χ3v) is 3.61. The van der Waals surface area contributed by atoms with Crippen LogP contribution in [0.4, 0.5) is 0 Å². The second-order valence-electron chi connectivity index (χ2n) is 4.59. The number of rotatable bonds is 0. The van der Waals surface area contributed by atoms with Gasteiger partial charge in [0.1, 0.15) is 0 Å². The van der Waals surface area contributed by atoms with E-state index in [1.807, 2.05) is 0 Å². The van der Waals surface area contributed by atoms with E-state index in [0.29, 0.717) is 11.9 Å². The Bertz CT molecular complexity index is 425. The van der Waals surface area contributed by atoms with Crippen molar-refractivity contribution in [2.45, 2.75) is 32.2 Å². The van der Waals surface area contributed by atoms with Crippen molar-refractivity contribution in [2.75, 3.05) is 6.54 Å². The van der Waals surface area contributed by atoms with Crippen LogP contribution in [0, 0.1) is 6.92 Å². The summed E-state index contributed by atoms with van der Waals surface area (Å²) in [5, 5.41) is 0. The van der Waals surface area contributed by atoms with Crippen LogP contribution in [0.25, 0.3) is 0 Å². The van der Waals surface area contributed by atoms with Gasteiger partial charge < -0.3 is 4.90 Å². The second-order valence-corrected chi connectivity index (χ2v) is 4.59. The quantitative estimate of drug-likeness (QED) is 0.630. The molecule has 1 saturated heterocycles. The van der Waals surface area contributed by atoms with Gasteiger partial charge in [-0.15, -0.1) is 0 Å². The standard InChI is InChI=1S/C13H15NO/c1-9-2-3-11-10(8-9)6-7-14-12(11)4-5-13(14)15/h2-3,8,12H,4-7H2,1H3. The summed E-state index contributed by atoms with van der Waals surface area (Å²) in [4.78, 5) is 13.7. The molecule has 2 heterocycles. The van der Waals surface area contributed by atoms with Gasteiger partial charge in [0.2, 0.25) is 5.91 Å². The Morgan fingerprint density at radius 2 is 2.20 bits per heavy atom. The molecule has 1 unspecified atom stereocenters. The van der Waals surface area contributed by atoms with E-state index in [0.717, 1.165) is 25.8 Å². The highest BCUT2D eigenvalue weighted by Gasteiger charge is 2.35. The van der Waals surface area contributed by atoms with Gasteiger partial charge in [0.15, 0.2) is 0 Å². The monoisotopic (exact) mass is 201 g/mol. The lowest BCUT2D eigenvalue weighted by Crippen LogP contribution is -2.34. The SMILES string of the molecule is Cc1ccc2c(c1)CCN1C(=O)CCC21. The first-order valence-electron chi connectivity index (χ1n) is 5.64. The number of carbonyl (C=O) groups excluding carboxylic acids is 1. The third kappa shape index (κ3) is 1.28. The maximum Gasteiger partial charge on any atom is 0.223 e. The molecule has 2 nitrogen and oxygen atoms in total. The molecule has 2 aliphatic rings. The molecule has 1 aromatic rings. The van der Waals surface area contributed by atoms with Crippen LogP contribution >= 0.6 is 0 Å². The third-order valence-electron chi connectivity index (χ3n) is 3.61. The minimum atomic E-state index is 0.339. The number of fused-ring (bicyclic) bond motifs is 3. The number of amides is 1. The van der Waals surface area contributed by atoms with Gasteiger partial charge in [-0.3, -0.25) is 4.79 Å². The first-order chi connectivity index (χ1) is 7.25. The average Bonchev–Trinajstić information content (AvgIpc) is 2.60. The lowest BCUT2D eigenvalue weighted by atomic mass is 9.91. The molecule has 0 radical (unpaired) electrons.